The molecule has 0 atom stereocenters. The van der Waals surface area contributed by atoms with Gasteiger partial charge in [0.2, 0.25) is 0 Å². The molecule has 4 heteroatoms. The van der Waals surface area contributed by atoms with Crippen LogP contribution in [0.1, 0.15) is 20.3 Å². The molecule has 100 valence electrons. The second kappa shape index (κ2) is 5.69. The minimum atomic E-state index is -0.0451. The Balaban J connectivity index is 2.49. The number of pyridine rings is 1. The first kappa shape index (κ1) is 13.3. The van der Waals surface area contributed by atoms with Crippen LogP contribution in [0.15, 0.2) is 35.3 Å². The molecule has 0 aliphatic rings. The van der Waals surface area contributed by atoms with Gasteiger partial charge in [0.25, 0.3) is 5.56 Å². The summed E-state index contributed by atoms with van der Waals surface area (Å²) in [7, 11) is 0. The van der Waals surface area contributed by atoms with Crippen molar-refractivity contribution in [1.29, 1.82) is 0 Å². The normalized spacial score (nSPS) is 10.6. The third kappa shape index (κ3) is 2.84. The first-order chi connectivity index (χ1) is 9.13. The van der Waals surface area contributed by atoms with E-state index >= 15 is 0 Å². The molecular weight excluding hydrogens is 242 g/mol. The molecule has 0 unspecified atom stereocenters. The zero-order valence-corrected chi connectivity index (χ0v) is 11.2. The number of Topliss-reactive ketones (excluding diaryl/α,β-unsaturated/α-hetero) is 1. The highest BCUT2D eigenvalue weighted by Crippen LogP contribution is 2.23. The molecule has 0 N–H and O–H groups in total. The standard InChI is InChI=1S/C15H17NO3/c1-3-8-16-9-7-12-13(15(16)18)5-4-6-14(12)19-10-11(2)17/h4-7,9H,3,8,10H2,1-2H3. The van der Waals surface area contributed by atoms with Gasteiger partial charge in [-0.25, -0.2) is 0 Å². The van der Waals surface area contributed by atoms with Crippen molar-refractivity contribution >= 4 is 16.6 Å². The van der Waals surface area contributed by atoms with E-state index in [0.717, 1.165) is 11.8 Å². The number of hydrogen-bond donors (Lipinski definition) is 0. The first-order valence-electron chi connectivity index (χ1n) is 6.38. The van der Waals surface area contributed by atoms with Crippen LogP contribution in [-0.2, 0) is 11.3 Å². The molecule has 19 heavy (non-hydrogen) atoms. The van der Waals surface area contributed by atoms with Crippen LogP contribution in [0.5, 0.6) is 5.75 Å². The maximum Gasteiger partial charge on any atom is 0.258 e. The second-order valence-corrected chi connectivity index (χ2v) is 4.52. The topological polar surface area (TPSA) is 48.3 Å². The average molecular weight is 259 g/mol. The Hall–Kier alpha value is -2.10. The highest BCUT2D eigenvalue weighted by atomic mass is 16.5. The van der Waals surface area contributed by atoms with Gasteiger partial charge in [0.1, 0.15) is 12.4 Å². The Labute approximate surface area is 111 Å². The molecule has 4 nitrogen and oxygen atoms in total. The Morgan fingerprint density at radius 3 is 2.74 bits per heavy atom. The molecule has 0 aliphatic carbocycles. The lowest BCUT2D eigenvalue weighted by atomic mass is 10.1. The molecule has 0 radical (unpaired) electrons. The Bertz CT molecular complexity index is 658. The smallest absolute Gasteiger partial charge is 0.258 e. The third-order valence-electron chi connectivity index (χ3n) is 2.87. The number of benzene rings is 1. The third-order valence-corrected chi connectivity index (χ3v) is 2.87. The number of rotatable bonds is 5. The van der Waals surface area contributed by atoms with E-state index < -0.39 is 0 Å². The van der Waals surface area contributed by atoms with Crippen molar-refractivity contribution in [3.05, 3.63) is 40.8 Å². The monoisotopic (exact) mass is 259 g/mol. The minimum absolute atomic E-state index is 0.0207. The maximum absolute atomic E-state index is 12.2. The summed E-state index contributed by atoms with van der Waals surface area (Å²) in [4.78, 5) is 23.2. The van der Waals surface area contributed by atoms with Crippen LogP contribution in [0.4, 0.5) is 0 Å². The Kier molecular flexibility index (Phi) is 4.00. The summed E-state index contributed by atoms with van der Waals surface area (Å²) in [5.41, 5.74) is -0.0207. The molecule has 0 amide bonds. The predicted molar refractivity (Wildman–Crippen MR) is 74.7 cm³/mol. The van der Waals surface area contributed by atoms with Crippen LogP contribution >= 0.6 is 0 Å². The lowest BCUT2D eigenvalue weighted by molar-refractivity contribution is -0.118. The lowest BCUT2D eigenvalue weighted by Gasteiger charge is -2.10. The van der Waals surface area contributed by atoms with E-state index in [4.69, 9.17) is 4.74 Å². The molecule has 0 aliphatic heterocycles. The summed E-state index contributed by atoms with van der Waals surface area (Å²) in [6.07, 6.45) is 2.68. The fourth-order valence-electron chi connectivity index (χ4n) is 2.01. The summed E-state index contributed by atoms with van der Waals surface area (Å²) in [5, 5.41) is 1.37. The van der Waals surface area contributed by atoms with Gasteiger partial charge in [-0.05, 0) is 31.5 Å². The van der Waals surface area contributed by atoms with E-state index in [-0.39, 0.29) is 17.9 Å². The molecule has 0 saturated carbocycles. The maximum atomic E-state index is 12.2. The van der Waals surface area contributed by atoms with Gasteiger partial charge in [0.05, 0.1) is 5.39 Å². The highest BCUT2D eigenvalue weighted by molar-refractivity contribution is 5.88. The van der Waals surface area contributed by atoms with Crippen LogP contribution in [0.2, 0.25) is 0 Å². The average Bonchev–Trinajstić information content (AvgIpc) is 2.40. The summed E-state index contributed by atoms with van der Waals surface area (Å²) < 4.78 is 7.13. The zero-order valence-electron chi connectivity index (χ0n) is 11.2. The molecule has 2 rings (SSSR count). The molecular formula is C15H17NO3. The minimum Gasteiger partial charge on any atom is -0.485 e. The van der Waals surface area contributed by atoms with Crippen LogP contribution in [0.3, 0.4) is 0 Å². The lowest BCUT2D eigenvalue weighted by Crippen LogP contribution is -2.19. The fourth-order valence-corrected chi connectivity index (χ4v) is 2.01. The summed E-state index contributed by atoms with van der Waals surface area (Å²) in [6, 6.07) is 7.19. The summed E-state index contributed by atoms with van der Waals surface area (Å²) in [6.45, 7) is 4.23. The Morgan fingerprint density at radius 2 is 2.05 bits per heavy atom. The van der Waals surface area contributed by atoms with Gasteiger partial charge in [-0.3, -0.25) is 9.59 Å². The number of nitrogens with zero attached hydrogens (tertiary/aromatic N) is 1. The van der Waals surface area contributed by atoms with E-state index in [1.54, 1.807) is 29.0 Å². The number of aryl methyl sites for hydroxylation is 1. The first-order valence-corrected chi connectivity index (χ1v) is 6.38. The second-order valence-electron chi connectivity index (χ2n) is 4.52. The molecule has 0 fully saturated rings. The van der Waals surface area contributed by atoms with E-state index in [1.807, 2.05) is 13.0 Å². The molecule has 0 spiro atoms. The largest absolute Gasteiger partial charge is 0.485 e. The van der Waals surface area contributed by atoms with Gasteiger partial charge < -0.3 is 9.30 Å². The number of hydrogen-bond acceptors (Lipinski definition) is 3. The number of ether oxygens (including phenoxy) is 1. The van der Waals surface area contributed by atoms with Crippen molar-refractivity contribution in [3.8, 4) is 5.75 Å². The van der Waals surface area contributed by atoms with Crippen molar-refractivity contribution in [2.75, 3.05) is 6.61 Å². The van der Waals surface area contributed by atoms with Crippen LogP contribution < -0.4 is 10.3 Å². The number of aromatic nitrogens is 1. The van der Waals surface area contributed by atoms with Gasteiger partial charge in [-0.15, -0.1) is 0 Å². The number of ketones is 1. The van der Waals surface area contributed by atoms with Crippen molar-refractivity contribution in [3.63, 3.8) is 0 Å². The van der Waals surface area contributed by atoms with Crippen LogP contribution in [0.25, 0.3) is 10.8 Å². The van der Waals surface area contributed by atoms with Gasteiger partial charge in [-0.2, -0.15) is 0 Å². The summed E-state index contributed by atoms with van der Waals surface area (Å²) >= 11 is 0. The van der Waals surface area contributed by atoms with Crippen LogP contribution in [-0.4, -0.2) is 17.0 Å². The molecule has 0 saturated heterocycles. The van der Waals surface area contributed by atoms with Crippen molar-refractivity contribution < 1.29 is 9.53 Å². The van der Waals surface area contributed by atoms with Gasteiger partial charge >= 0.3 is 0 Å². The molecule has 1 aromatic carbocycles. The summed E-state index contributed by atoms with van der Waals surface area (Å²) in [5.74, 6) is 0.532. The molecule has 1 aromatic heterocycles. The Morgan fingerprint density at radius 1 is 1.26 bits per heavy atom. The molecule has 1 heterocycles. The number of carbonyl (C=O) groups excluding carboxylic acids is 1. The molecule has 2 aromatic rings. The van der Waals surface area contributed by atoms with Crippen LogP contribution in [0, 0.1) is 0 Å². The van der Waals surface area contributed by atoms with Crippen molar-refractivity contribution in [1.82, 2.24) is 4.57 Å². The van der Waals surface area contributed by atoms with Gasteiger partial charge in [0, 0.05) is 18.1 Å². The predicted octanol–water partition coefficient (Wildman–Crippen LogP) is 2.38. The SMILES string of the molecule is CCCn1ccc2c(OCC(C)=O)cccc2c1=O. The fraction of sp³-hybridized carbons (Fsp3) is 0.333. The quantitative estimate of drug-likeness (QED) is 0.828. The number of carbonyl (C=O) groups is 1. The van der Waals surface area contributed by atoms with E-state index in [0.29, 0.717) is 17.7 Å². The van der Waals surface area contributed by atoms with Gasteiger partial charge in [0.15, 0.2) is 5.78 Å². The highest BCUT2D eigenvalue weighted by Gasteiger charge is 2.07. The van der Waals surface area contributed by atoms with E-state index in [2.05, 4.69) is 0 Å². The zero-order chi connectivity index (χ0) is 13.8. The molecule has 0 bridgehead atoms. The van der Waals surface area contributed by atoms with Gasteiger partial charge in [-0.1, -0.05) is 13.0 Å². The van der Waals surface area contributed by atoms with Crippen molar-refractivity contribution in [2.45, 2.75) is 26.8 Å². The van der Waals surface area contributed by atoms with E-state index in [1.165, 1.54) is 6.92 Å². The van der Waals surface area contributed by atoms with E-state index in [9.17, 15) is 9.59 Å². The number of fused-ring (bicyclic) bond motifs is 1. The van der Waals surface area contributed by atoms with Crippen molar-refractivity contribution in [2.24, 2.45) is 0 Å².